The summed E-state index contributed by atoms with van der Waals surface area (Å²) in [6, 6.07) is 0. The fourth-order valence-corrected chi connectivity index (χ4v) is 0.658. The van der Waals surface area contributed by atoms with E-state index < -0.39 is 0 Å². The van der Waals surface area contributed by atoms with Crippen molar-refractivity contribution >= 4 is 0 Å². The van der Waals surface area contributed by atoms with E-state index >= 15 is 0 Å². The van der Waals surface area contributed by atoms with Gasteiger partial charge in [-0.3, -0.25) is 0 Å². The predicted octanol–water partition coefficient (Wildman–Crippen LogP) is 2.73. The summed E-state index contributed by atoms with van der Waals surface area (Å²) in [5, 5.41) is 0. The van der Waals surface area contributed by atoms with E-state index in [0.29, 0.717) is 6.10 Å². The Morgan fingerprint density at radius 1 is 1.56 bits per heavy atom. The van der Waals surface area contributed by atoms with Gasteiger partial charge in [0.1, 0.15) is 0 Å². The molecule has 0 saturated heterocycles. The zero-order chi connectivity index (χ0) is 7.28. The maximum Gasteiger partial charge on any atom is 0.0926 e. The lowest BCUT2D eigenvalue weighted by Gasteiger charge is -2.10. The average molecular weight is 128 g/mol. The highest BCUT2D eigenvalue weighted by molar-refractivity contribution is 4.88. The van der Waals surface area contributed by atoms with E-state index in [1.807, 2.05) is 26.8 Å². The lowest BCUT2D eigenvalue weighted by Crippen LogP contribution is -2.00. The van der Waals surface area contributed by atoms with Crippen LogP contribution in [-0.2, 0) is 4.74 Å². The van der Waals surface area contributed by atoms with E-state index in [1.165, 1.54) is 0 Å². The van der Waals surface area contributed by atoms with Gasteiger partial charge in [0.05, 0.1) is 11.9 Å². The minimum absolute atomic E-state index is 0.316. The van der Waals surface area contributed by atoms with Crippen LogP contribution in [-0.4, -0.2) is 6.10 Å². The summed E-state index contributed by atoms with van der Waals surface area (Å²) in [4.78, 5) is 0. The third-order valence-electron chi connectivity index (χ3n) is 1.06. The molecule has 0 amide bonds. The van der Waals surface area contributed by atoms with Crippen LogP contribution in [0.4, 0.5) is 0 Å². The van der Waals surface area contributed by atoms with E-state index in [9.17, 15) is 0 Å². The van der Waals surface area contributed by atoms with E-state index in [-0.39, 0.29) is 0 Å². The Hall–Kier alpha value is -0.460. The zero-order valence-electron chi connectivity index (χ0n) is 6.77. The lowest BCUT2D eigenvalue weighted by molar-refractivity contribution is 0.141. The molecule has 0 unspecified atom stereocenters. The van der Waals surface area contributed by atoms with Crippen molar-refractivity contribution in [2.75, 3.05) is 0 Å². The summed E-state index contributed by atoms with van der Waals surface area (Å²) in [6.45, 7) is 8.18. The van der Waals surface area contributed by atoms with Crippen LogP contribution >= 0.6 is 0 Å². The van der Waals surface area contributed by atoms with Crippen molar-refractivity contribution in [3.05, 3.63) is 11.8 Å². The molecule has 0 fully saturated rings. The summed E-state index contributed by atoms with van der Waals surface area (Å²) >= 11 is 0. The highest BCUT2D eigenvalue weighted by Crippen LogP contribution is 2.05. The van der Waals surface area contributed by atoms with E-state index in [2.05, 4.69) is 6.92 Å². The number of rotatable bonds is 3. The van der Waals surface area contributed by atoms with Gasteiger partial charge in [-0.2, -0.15) is 0 Å². The molecule has 0 atom stereocenters. The van der Waals surface area contributed by atoms with E-state index in [0.717, 1.165) is 12.2 Å². The maximum atomic E-state index is 5.41. The molecular formula is C8H16O. The number of hydrogen-bond acceptors (Lipinski definition) is 1. The Labute approximate surface area is 57.7 Å². The van der Waals surface area contributed by atoms with Crippen molar-refractivity contribution in [2.24, 2.45) is 0 Å². The largest absolute Gasteiger partial charge is 0.496 e. The molecule has 0 radical (unpaired) electrons. The van der Waals surface area contributed by atoms with E-state index in [1.54, 1.807) is 0 Å². The molecule has 54 valence electrons. The Bertz CT molecular complexity index is 92.7. The molecule has 0 aliphatic heterocycles. The standard InChI is InChI=1S/C8H16O/c1-5-8(6-2)9-7(3)4/h5,7H,6H2,1-4H3/b8-5-. The fourth-order valence-electron chi connectivity index (χ4n) is 0.658. The van der Waals surface area contributed by atoms with Crippen LogP contribution in [0.3, 0.4) is 0 Å². The molecule has 0 aliphatic carbocycles. The molecule has 0 bridgehead atoms. The van der Waals surface area contributed by atoms with Crippen molar-refractivity contribution in [1.82, 2.24) is 0 Å². The number of ether oxygens (including phenoxy) is 1. The minimum Gasteiger partial charge on any atom is -0.496 e. The molecule has 0 heterocycles. The molecule has 1 nitrogen and oxygen atoms in total. The molecule has 0 aromatic carbocycles. The van der Waals surface area contributed by atoms with Gasteiger partial charge >= 0.3 is 0 Å². The van der Waals surface area contributed by atoms with Gasteiger partial charge in [0, 0.05) is 6.42 Å². The first-order chi connectivity index (χ1) is 4.20. The quantitative estimate of drug-likeness (QED) is 0.531. The van der Waals surface area contributed by atoms with Crippen LogP contribution in [0.25, 0.3) is 0 Å². The first kappa shape index (κ1) is 8.54. The minimum atomic E-state index is 0.316. The predicted molar refractivity (Wildman–Crippen MR) is 40.3 cm³/mol. The smallest absolute Gasteiger partial charge is 0.0926 e. The Balaban J connectivity index is 3.58. The second kappa shape index (κ2) is 4.42. The van der Waals surface area contributed by atoms with Gasteiger partial charge in [-0.25, -0.2) is 0 Å². The lowest BCUT2D eigenvalue weighted by atomic mass is 10.3. The molecule has 0 aliphatic rings. The monoisotopic (exact) mass is 128 g/mol. The molecule has 0 saturated carbocycles. The van der Waals surface area contributed by atoms with Gasteiger partial charge in [-0.15, -0.1) is 0 Å². The summed E-state index contributed by atoms with van der Waals surface area (Å²) in [6.07, 6.45) is 3.32. The molecular weight excluding hydrogens is 112 g/mol. The van der Waals surface area contributed by atoms with Crippen LogP contribution in [0.1, 0.15) is 34.1 Å². The third-order valence-corrected chi connectivity index (χ3v) is 1.06. The van der Waals surface area contributed by atoms with Crippen molar-refractivity contribution in [2.45, 2.75) is 40.2 Å². The van der Waals surface area contributed by atoms with Crippen molar-refractivity contribution in [3.63, 3.8) is 0 Å². The average Bonchev–Trinajstić information content (AvgIpc) is 1.82. The second-order valence-corrected chi connectivity index (χ2v) is 2.28. The van der Waals surface area contributed by atoms with Gasteiger partial charge in [-0.05, 0) is 26.8 Å². The SMILES string of the molecule is C/C=C(/CC)OC(C)C. The van der Waals surface area contributed by atoms with Crippen LogP contribution in [0.2, 0.25) is 0 Å². The van der Waals surface area contributed by atoms with E-state index in [4.69, 9.17) is 4.74 Å². The van der Waals surface area contributed by atoms with Gasteiger partial charge in [-0.1, -0.05) is 6.92 Å². The maximum absolute atomic E-state index is 5.41. The van der Waals surface area contributed by atoms with Crippen LogP contribution in [0.5, 0.6) is 0 Å². The zero-order valence-corrected chi connectivity index (χ0v) is 6.77. The van der Waals surface area contributed by atoms with Gasteiger partial charge < -0.3 is 4.74 Å². The fraction of sp³-hybridized carbons (Fsp3) is 0.750. The topological polar surface area (TPSA) is 9.23 Å². The summed E-state index contributed by atoms with van der Waals surface area (Å²) in [5.74, 6) is 1.09. The number of allylic oxidation sites excluding steroid dienone is 2. The summed E-state index contributed by atoms with van der Waals surface area (Å²) in [7, 11) is 0. The summed E-state index contributed by atoms with van der Waals surface area (Å²) < 4.78 is 5.41. The molecule has 9 heavy (non-hydrogen) atoms. The molecule has 0 N–H and O–H groups in total. The first-order valence-electron chi connectivity index (χ1n) is 3.52. The first-order valence-corrected chi connectivity index (χ1v) is 3.52. The molecule has 0 spiro atoms. The highest BCUT2D eigenvalue weighted by atomic mass is 16.5. The van der Waals surface area contributed by atoms with Gasteiger partial charge in [0.15, 0.2) is 0 Å². The molecule has 0 rings (SSSR count). The van der Waals surface area contributed by atoms with Gasteiger partial charge in [0.2, 0.25) is 0 Å². The molecule has 0 aromatic rings. The summed E-state index contributed by atoms with van der Waals surface area (Å²) in [5.41, 5.74) is 0. The van der Waals surface area contributed by atoms with Crippen molar-refractivity contribution in [3.8, 4) is 0 Å². The third kappa shape index (κ3) is 4.07. The second-order valence-electron chi connectivity index (χ2n) is 2.28. The Morgan fingerprint density at radius 2 is 2.11 bits per heavy atom. The Kier molecular flexibility index (Phi) is 4.20. The highest BCUT2D eigenvalue weighted by Gasteiger charge is 1.94. The normalized spacial score (nSPS) is 12.3. The van der Waals surface area contributed by atoms with Crippen LogP contribution < -0.4 is 0 Å². The van der Waals surface area contributed by atoms with Crippen molar-refractivity contribution < 1.29 is 4.74 Å². The Morgan fingerprint density at radius 3 is 2.22 bits per heavy atom. The molecule has 0 aromatic heterocycles. The van der Waals surface area contributed by atoms with Crippen LogP contribution in [0.15, 0.2) is 11.8 Å². The van der Waals surface area contributed by atoms with Crippen LogP contribution in [0, 0.1) is 0 Å². The number of hydrogen-bond donors (Lipinski definition) is 0. The van der Waals surface area contributed by atoms with Gasteiger partial charge in [0.25, 0.3) is 0 Å². The van der Waals surface area contributed by atoms with Crippen molar-refractivity contribution in [1.29, 1.82) is 0 Å². The molecule has 1 heteroatoms.